The fourth-order valence-electron chi connectivity index (χ4n) is 2.15. The van der Waals surface area contributed by atoms with E-state index in [1.807, 2.05) is 11.6 Å². The first kappa shape index (κ1) is 14.4. The Hall–Kier alpha value is -1.02. The molecular formula is C12H23N5O2. The van der Waals surface area contributed by atoms with Gasteiger partial charge in [0.15, 0.2) is 0 Å². The van der Waals surface area contributed by atoms with Gasteiger partial charge >= 0.3 is 0 Å². The van der Waals surface area contributed by atoms with Gasteiger partial charge in [-0.1, -0.05) is 0 Å². The minimum absolute atomic E-state index is 0.336. The van der Waals surface area contributed by atoms with Crippen molar-refractivity contribution in [1.29, 1.82) is 0 Å². The number of aliphatic hydroxyl groups is 1. The molecule has 1 aliphatic rings. The third-order valence-electron chi connectivity index (χ3n) is 3.28. The van der Waals surface area contributed by atoms with Gasteiger partial charge in [-0.15, -0.1) is 10.2 Å². The summed E-state index contributed by atoms with van der Waals surface area (Å²) < 4.78 is 7.19. The summed E-state index contributed by atoms with van der Waals surface area (Å²) in [4.78, 5) is 2.23. The lowest BCUT2D eigenvalue weighted by molar-refractivity contribution is 0.0150. The average molecular weight is 269 g/mol. The van der Waals surface area contributed by atoms with Gasteiger partial charge in [-0.25, -0.2) is 0 Å². The molecule has 108 valence electrons. The lowest BCUT2D eigenvalue weighted by Crippen LogP contribution is -2.44. The highest BCUT2D eigenvalue weighted by molar-refractivity contribution is 4.85. The molecule has 0 radical (unpaired) electrons. The Morgan fingerprint density at radius 2 is 2.26 bits per heavy atom. The maximum absolute atomic E-state index is 9.94. The summed E-state index contributed by atoms with van der Waals surface area (Å²) in [6.07, 6.45) is 2.18. The van der Waals surface area contributed by atoms with E-state index < -0.39 is 0 Å². The molecule has 1 atom stereocenters. The molecule has 2 rings (SSSR count). The molecule has 0 saturated carbocycles. The monoisotopic (exact) mass is 269 g/mol. The first-order valence-corrected chi connectivity index (χ1v) is 6.77. The van der Waals surface area contributed by atoms with Crippen LogP contribution in [-0.4, -0.2) is 76.8 Å². The molecule has 1 saturated heterocycles. The Morgan fingerprint density at radius 3 is 2.95 bits per heavy atom. The molecule has 0 aromatic carbocycles. The van der Waals surface area contributed by atoms with Gasteiger partial charge in [0.05, 0.1) is 19.3 Å². The predicted molar refractivity (Wildman–Crippen MR) is 70.8 cm³/mol. The van der Waals surface area contributed by atoms with E-state index in [1.54, 1.807) is 6.33 Å². The third kappa shape index (κ3) is 4.87. The van der Waals surface area contributed by atoms with Crippen LogP contribution < -0.4 is 5.32 Å². The fourth-order valence-corrected chi connectivity index (χ4v) is 2.15. The molecule has 7 nitrogen and oxygen atoms in total. The molecule has 0 spiro atoms. The van der Waals surface area contributed by atoms with E-state index in [9.17, 15) is 5.11 Å². The Labute approximate surface area is 113 Å². The number of aryl methyl sites for hydroxylation is 1. The first-order chi connectivity index (χ1) is 9.25. The van der Waals surface area contributed by atoms with Crippen molar-refractivity contribution in [2.45, 2.75) is 12.5 Å². The summed E-state index contributed by atoms with van der Waals surface area (Å²) in [5.41, 5.74) is 0. The van der Waals surface area contributed by atoms with Gasteiger partial charge in [0, 0.05) is 46.2 Å². The van der Waals surface area contributed by atoms with Crippen LogP contribution in [0.3, 0.4) is 0 Å². The quantitative estimate of drug-likeness (QED) is 0.596. The van der Waals surface area contributed by atoms with Crippen molar-refractivity contribution in [3.8, 4) is 0 Å². The number of nitrogens with one attached hydrogen (secondary N) is 1. The van der Waals surface area contributed by atoms with Crippen molar-refractivity contribution in [3.05, 3.63) is 12.2 Å². The summed E-state index contributed by atoms with van der Waals surface area (Å²) in [6.45, 7) is 5.48. The molecule has 1 fully saturated rings. The van der Waals surface area contributed by atoms with E-state index in [-0.39, 0.29) is 6.10 Å². The number of β-amino-alcohol motifs (C(OH)–C–C–N with tert-alkyl or cyclic N) is 1. The molecule has 0 amide bonds. The average Bonchev–Trinajstić information content (AvgIpc) is 2.81. The second-order valence-corrected chi connectivity index (χ2v) is 4.88. The summed E-state index contributed by atoms with van der Waals surface area (Å²) in [5.74, 6) is 0.954. The van der Waals surface area contributed by atoms with Crippen LogP contribution in [-0.2, 0) is 18.2 Å². The van der Waals surface area contributed by atoms with Gasteiger partial charge in [0.25, 0.3) is 0 Å². The highest BCUT2D eigenvalue weighted by Gasteiger charge is 2.14. The number of aliphatic hydroxyl groups excluding tert-OH is 1. The maximum Gasteiger partial charge on any atom is 0.133 e. The number of hydrogen-bond acceptors (Lipinski definition) is 6. The van der Waals surface area contributed by atoms with E-state index in [2.05, 4.69) is 20.4 Å². The van der Waals surface area contributed by atoms with Gasteiger partial charge in [-0.2, -0.15) is 0 Å². The van der Waals surface area contributed by atoms with E-state index >= 15 is 0 Å². The highest BCUT2D eigenvalue weighted by Crippen LogP contribution is 1.98. The molecule has 1 aromatic heterocycles. The molecule has 1 unspecified atom stereocenters. The van der Waals surface area contributed by atoms with Gasteiger partial charge in [-0.05, 0) is 0 Å². The van der Waals surface area contributed by atoms with Crippen molar-refractivity contribution in [3.63, 3.8) is 0 Å². The molecule has 0 aliphatic carbocycles. The van der Waals surface area contributed by atoms with Crippen molar-refractivity contribution >= 4 is 0 Å². The molecule has 0 bridgehead atoms. The summed E-state index contributed by atoms with van der Waals surface area (Å²) >= 11 is 0. The van der Waals surface area contributed by atoms with Gasteiger partial charge in [0.2, 0.25) is 0 Å². The maximum atomic E-state index is 9.94. The Bertz CT molecular complexity index is 365. The minimum atomic E-state index is -0.336. The Morgan fingerprint density at radius 1 is 1.47 bits per heavy atom. The number of hydrogen-bond donors (Lipinski definition) is 2. The van der Waals surface area contributed by atoms with Crippen LogP contribution in [0.25, 0.3) is 0 Å². The van der Waals surface area contributed by atoms with Crippen molar-refractivity contribution in [2.75, 3.05) is 45.9 Å². The summed E-state index contributed by atoms with van der Waals surface area (Å²) in [7, 11) is 1.93. The number of ether oxygens (including phenoxy) is 1. The number of nitrogens with zero attached hydrogens (tertiary/aromatic N) is 4. The van der Waals surface area contributed by atoms with Crippen molar-refractivity contribution < 1.29 is 9.84 Å². The first-order valence-electron chi connectivity index (χ1n) is 6.77. The molecule has 1 aromatic rings. The second-order valence-electron chi connectivity index (χ2n) is 4.88. The zero-order valence-electron chi connectivity index (χ0n) is 11.5. The van der Waals surface area contributed by atoms with Crippen LogP contribution in [0, 0.1) is 0 Å². The smallest absolute Gasteiger partial charge is 0.133 e. The lowest BCUT2D eigenvalue weighted by atomic mass is 10.3. The zero-order valence-corrected chi connectivity index (χ0v) is 11.5. The SMILES string of the molecule is Cn1cnnc1CCNCC(O)CN1CCOCC1. The number of morpholine rings is 1. The van der Waals surface area contributed by atoms with Crippen LogP contribution in [0.5, 0.6) is 0 Å². The van der Waals surface area contributed by atoms with Gasteiger partial charge < -0.3 is 19.7 Å². The molecule has 7 heteroatoms. The molecular weight excluding hydrogens is 246 g/mol. The fraction of sp³-hybridized carbons (Fsp3) is 0.833. The topological polar surface area (TPSA) is 75.4 Å². The standard InChI is InChI=1S/C12H23N5O2/c1-16-10-14-15-12(16)2-3-13-8-11(18)9-17-4-6-19-7-5-17/h10-11,13,18H,2-9H2,1H3. The van der Waals surface area contributed by atoms with E-state index in [4.69, 9.17) is 4.74 Å². The largest absolute Gasteiger partial charge is 0.390 e. The Kier molecular flexibility index (Phi) is 5.71. The van der Waals surface area contributed by atoms with Crippen molar-refractivity contribution in [1.82, 2.24) is 25.0 Å². The van der Waals surface area contributed by atoms with Crippen LogP contribution in [0.2, 0.25) is 0 Å². The normalized spacial score (nSPS) is 18.6. The third-order valence-corrected chi connectivity index (χ3v) is 3.28. The van der Waals surface area contributed by atoms with E-state index in [1.165, 1.54) is 0 Å². The lowest BCUT2D eigenvalue weighted by Gasteiger charge is -2.28. The van der Waals surface area contributed by atoms with E-state index in [0.29, 0.717) is 13.1 Å². The summed E-state index contributed by atoms with van der Waals surface area (Å²) in [6, 6.07) is 0. The molecule has 19 heavy (non-hydrogen) atoms. The molecule has 2 N–H and O–H groups in total. The van der Waals surface area contributed by atoms with E-state index in [0.717, 1.165) is 45.1 Å². The number of rotatable bonds is 7. The van der Waals surface area contributed by atoms with Crippen LogP contribution in [0.4, 0.5) is 0 Å². The second kappa shape index (κ2) is 7.54. The minimum Gasteiger partial charge on any atom is -0.390 e. The number of aromatic nitrogens is 3. The Balaban J connectivity index is 1.56. The highest BCUT2D eigenvalue weighted by atomic mass is 16.5. The molecule has 2 heterocycles. The van der Waals surface area contributed by atoms with Crippen LogP contribution >= 0.6 is 0 Å². The predicted octanol–water partition coefficient (Wildman–Crippen LogP) is -1.36. The van der Waals surface area contributed by atoms with Crippen LogP contribution in [0.1, 0.15) is 5.82 Å². The molecule has 1 aliphatic heterocycles. The summed E-state index contributed by atoms with van der Waals surface area (Å²) in [5, 5.41) is 21.0. The van der Waals surface area contributed by atoms with Gasteiger partial charge in [0.1, 0.15) is 12.2 Å². The zero-order chi connectivity index (χ0) is 13.5. The van der Waals surface area contributed by atoms with Crippen LogP contribution in [0.15, 0.2) is 6.33 Å². The van der Waals surface area contributed by atoms with Crippen molar-refractivity contribution in [2.24, 2.45) is 7.05 Å². The van der Waals surface area contributed by atoms with Gasteiger partial charge in [-0.3, -0.25) is 4.90 Å².